The van der Waals surface area contributed by atoms with E-state index in [-0.39, 0.29) is 23.2 Å². The van der Waals surface area contributed by atoms with Gasteiger partial charge >= 0.3 is 0 Å². The van der Waals surface area contributed by atoms with Crippen LogP contribution in [0.5, 0.6) is 0 Å². The van der Waals surface area contributed by atoms with E-state index in [0.717, 1.165) is 11.3 Å². The average molecular weight is 295 g/mol. The number of benzene rings is 1. The first-order valence-electron chi connectivity index (χ1n) is 7.20. The number of carbonyl (C=O) groups excluding carboxylic acids is 1. The first-order chi connectivity index (χ1) is 9.52. The molecule has 0 saturated heterocycles. The summed E-state index contributed by atoms with van der Waals surface area (Å²) in [7, 11) is 0. The highest BCUT2D eigenvalue weighted by Gasteiger charge is 2.18. The summed E-state index contributed by atoms with van der Waals surface area (Å²) in [5, 5.41) is 12.3. The largest absolute Gasteiger partial charge is 0.393 e. The molecule has 0 radical (unpaired) electrons. The van der Waals surface area contributed by atoms with E-state index in [1.54, 1.807) is 18.7 Å². The number of hydrogen-bond acceptors (Lipinski definition) is 3. The molecule has 1 rings (SSSR count). The summed E-state index contributed by atoms with van der Waals surface area (Å²) in [6.07, 6.45) is 1.20. The van der Waals surface area contributed by atoms with Crippen LogP contribution in [0.3, 0.4) is 0 Å². The quantitative estimate of drug-likeness (QED) is 0.725. The SMILES string of the molecule is CCC(Sc1ccccc1)C(=O)NCC(C)CC(C)O. The molecule has 0 bridgehead atoms. The van der Waals surface area contributed by atoms with Crippen LogP contribution in [0.4, 0.5) is 0 Å². The molecule has 0 fully saturated rings. The maximum absolute atomic E-state index is 12.2. The van der Waals surface area contributed by atoms with Crippen LogP contribution >= 0.6 is 11.8 Å². The third kappa shape index (κ3) is 6.44. The van der Waals surface area contributed by atoms with Gasteiger partial charge in [-0.15, -0.1) is 11.8 Å². The third-order valence-electron chi connectivity index (χ3n) is 3.05. The maximum atomic E-state index is 12.2. The Morgan fingerprint density at radius 3 is 2.50 bits per heavy atom. The van der Waals surface area contributed by atoms with Gasteiger partial charge in [-0.2, -0.15) is 0 Å². The number of hydrogen-bond donors (Lipinski definition) is 2. The first-order valence-corrected chi connectivity index (χ1v) is 8.08. The van der Waals surface area contributed by atoms with Crippen LogP contribution in [0, 0.1) is 5.92 Å². The highest BCUT2D eigenvalue weighted by Crippen LogP contribution is 2.25. The Kier molecular flexibility index (Phi) is 7.70. The molecule has 20 heavy (non-hydrogen) atoms. The van der Waals surface area contributed by atoms with E-state index >= 15 is 0 Å². The van der Waals surface area contributed by atoms with Crippen molar-refractivity contribution >= 4 is 17.7 Å². The van der Waals surface area contributed by atoms with Crippen LogP contribution in [0.2, 0.25) is 0 Å². The molecule has 0 aromatic heterocycles. The number of nitrogens with one attached hydrogen (secondary N) is 1. The zero-order chi connectivity index (χ0) is 15.0. The van der Waals surface area contributed by atoms with Crippen molar-refractivity contribution in [3.05, 3.63) is 30.3 Å². The molecule has 1 amide bonds. The number of aliphatic hydroxyl groups is 1. The zero-order valence-corrected chi connectivity index (χ0v) is 13.3. The van der Waals surface area contributed by atoms with Crippen LogP contribution in [-0.2, 0) is 4.79 Å². The Labute approximate surface area is 126 Å². The fourth-order valence-electron chi connectivity index (χ4n) is 2.04. The van der Waals surface area contributed by atoms with Gasteiger partial charge in [0.05, 0.1) is 11.4 Å². The lowest BCUT2D eigenvalue weighted by molar-refractivity contribution is -0.120. The Bertz CT molecular complexity index is 395. The van der Waals surface area contributed by atoms with Crippen LogP contribution in [0.1, 0.15) is 33.6 Å². The molecule has 0 aliphatic heterocycles. The second kappa shape index (κ2) is 9.03. The molecule has 1 aromatic carbocycles. The minimum atomic E-state index is -0.317. The van der Waals surface area contributed by atoms with E-state index in [1.807, 2.05) is 44.2 Å². The van der Waals surface area contributed by atoms with Crippen molar-refractivity contribution < 1.29 is 9.90 Å². The number of carbonyl (C=O) groups is 1. The van der Waals surface area contributed by atoms with Gasteiger partial charge in [0.1, 0.15) is 0 Å². The van der Waals surface area contributed by atoms with Gasteiger partial charge in [-0.1, -0.05) is 32.0 Å². The van der Waals surface area contributed by atoms with Gasteiger partial charge in [0.2, 0.25) is 5.91 Å². The van der Waals surface area contributed by atoms with E-state index in [1.165, 1.54) is 0 Å². The molecule has 0 aliphatic rings. The van der Waals surface area contributed by atoms with Crippen molar-refractivity contribution in [1.29, 1.82) is 0 Å². The van der Waals surface area contributed by atoms with Crippen LogP contribution in [-0.4, -0.2) is 28.9 Å². The van der Waals surface area contributed by atoms with Gasteiger partial charge in [-0.25, -0.2) is 0 Å². The number of aliphatic hydroxyl groups excluding tert-OH is 1. The molecule has 3 atom stereocenters. The average Bonchev–Trinajstić information content (AvgIpc) is 2.42. The molecule has 4 heteroatoms. The second-order valence-corrected chi connectivity index (χ2v) is 6.54. The normalized spacial score (nSPS) is 15.4. The molecule has 112 valence electrons. The van der Waals surface area contributed by atoms with Gasteiger partial charge in [0.25, 0.3) is 0 Å². The van der Waals surface area contributed by atoms with Crippen molar-refractivity contribution in [2.75, 3.05) is 6.54 Å². The lowest BCUT2D eigenvalue weighted by Crippen LogP contribution is -2.35. The van der Waals surface area contributed by atoms with Gasteiger partial charge in [0, 0.05) is 11.4 Å². The monoisotopic (exact) mass is 295 g/mol. The molecule has 0 heterocycles. The Morgan fingerprint density at radius 2 is 1.95 bits per heavy atom. The molecule has 0 spiro atoms. The minimum absolute atomic E-state index is 0.0591. The first kappa shape index (κ1) is 17.1. The van der Waals surface area contributed by atoms with Crippen molar-refractivity contribution in [2.24, 2.45) is 5.92 Å². The van der Waals surface area contributed by atoms with E-state index < -0.39 is 0 Å². The van der Waals surface area contributed by atoms with Crippen LogP contribution in [0.25, 0.3) is 0 Å². The molecule has 0 aliphatic carbocycles. The molecule has 1 aromatic rings. The minimum Gasteiger partial charge on any atom is -0.393 e. The summed E-state index contributed by atoms with van der Waals surface area (Å²) in [5.74, 6) is 0.372. The van der Waals surface area contributed by atoms with Crippen molar-refractivity contribution in [3.63, 3.8) is 0 Å². The topological polar surface area (TPSA) is 49.3 Å². The lowest BCUT2D eigenvalue weighted by atomic mass is 10.0. The summed E-state index contributed by atoms with van der Waals surface area (Å²) < 4.78 is 0. The highest BCUT2D eigenvalue weighted by atomic mass is 32.2. The summed E-state index contributed by atoms with van der Waals surface area (Å²) in [4.78, 5) is 13.3. The second-order valence-electron chi connectivity index (χ2n) is 5.26. The van der Waals surface area contributed by atoms with E-state index in [0.29, 0.717) is 13.0 Å². The molecular weight excluding hydrogens is 270 g/mol. The Morgan fingerprint density at radius 1 is 1.30 bits per heavy atom. The van der Waals surface area contributed by atoms with Gasteiger partial charge in [-0.3, -0.25) is 4.79 Å². The van der Waals surface area contributed by atoms with E-state index in [4.69, 9.17) is 0 Å². The van der Waals surface area contributed by atoms with Gasteiger partial charge < -0.3 is 10.4 Å². The molecular formula is C16H25NO2S. The lowest BCUT2D eigenvalue weighted by Gasteiger charge is -2.18. The van der Waals surface area contributed by atoms with E-state index in [2.05, 4.69) is 5.32 Å². The smallest absolute Gasteiger partial charge is 0.233 e. The summed E-state index contributed by atoms with van der Waals surface area (Å²) >= 11 is 1.60. The molecule has 3 unspecified atom stereocenters. The number of thioether (sulfide) groups is 1. The van der Waals surface area contributed by atoms with Crippen molar-refractivity contribution in [3.8, 4) is 0 Å². The molecule has 0 saturated carbocycles. The van der Waals surface area contributed by atoms with E-state index in [9.17, 15) is 9.90 Å². The number of amides is 1. The molecule has 3 nitrogen and oxygen atoms in total. The predicted octanol–water partition coefficient (Wildman–Crippen LogP) is 3.08. The van der Waals surface area contributed by atoms with Crippen molar-refractivity contribution in [1.82, 2.24) is 5.32 Å². The predicted molar refractivity (Wildman–Crippen MR) is 84.8 cm³/mol. The fourth-order valence-corrected chi connectivity index (χ4v) is 3.04. The van der Waals surface area contributed by atoms with Crippen LogP contribution in [0.15, 0.2) is 35.2 Å². The van der Waals surface area contributed by atoms with Crippen LogP contribution < -0.4 is 5.32 Å². The van der Waals surface area contributed by atoms with Crippen molar-refractivity contribution in [2.45, 2.75) is 49.9 Å². The third-order valence-corrected chi connectivity index (χ3v) is 4.43. The molecule has 2 N–H and O–H groups in total. The summed E-state index contributed by atoms with van der Waals surface area (Å²) in [6.45, 7) is 6.46. The number of rotatable bonds is 8. The van der Waals surface area contributed by atoms with Gasteiger partial charge in [0.15, 0.2) is 0 Å². The summed E-state index contributed by atoms with van der Waals surface area (Å²) in [6, 6.07) is 9.99. The Hall–Kier alpha value is -1.00. The zero-order valence-electron chi connectivity index (χ0n) is 12.5. The highest BCUT2D eigenvalue weighted by molar-refractivity contribution is 8.00. The maximum Gasteiger partial charge on any atom is 0.233 e. The standard InChI is InChI=1S/C16H25NO2S/c1-4-15(20-14-8-6-5-7-9-14)16(19)17-11-12(2)10-13(3)18/h5-9,12-13,15,18H,4,10-11H2,1-3H3,(H,17,19). The Balaban J connectivity index is 2.43. The summed E-state index contributed by atoms with van der Waals surface area (Å²) in [5.41, 5.74) is 0. The fraction of sp³-hybridized carbons (Fsp3) is 0.562. The van der Waals surface area contributed by atoms with Gasteiger partial charge in [-0.05, 0) is 37.8 Å².